The molecule has 134 valence electrons. The zero-order valence-electron chi connectivity index (χ0n) is 13.1. The van der Waals surface area contributed by atoms with Crippen LogP contribution in [0.3, 0.4) is 0 Å². The summed E-state index contributed by atoms with van der Waals surface area (Å²) < 4.78 is 52.8. The largest absolute Gasteiger partial charge is 0.480 e. The van der Waals surface area contributed by atoms with E-state index in [1.807, 2.05) is 0 Å². The second kappa shape index (κ2) is 7.52. The molecule has 0 aromatic rings. The van der Waals surface area contributed by atoms with Crippen LogP contribution in [0.5, 0.6) is 0 Å². The van der Waals surface area contributed by atoms with Gasteiger partial charge >= 0.3 is 5.97 Å². The molecule has 0 bridgehead atoms. The minimum absolute atomic E-state index is 0.0900. The molecule has 7 nitrogen and oxygen atoms in total. The van der Waals surface area contributed by atoms with Crippen LogP contribution in [0, 0.1) is 5.92 Å². The zero-order valence-corrected chi connectivity index (χ0v) is 13.9. The first kappa shape index (κ1) is 19.8. The molecule has 0 heterocycles. The van der Waals surface area contributed by atoms with Crippen molar-refractivity contribution in [2.45, 2.75) is 45.1 Å². The van der Waals surface area contributed by atoms with Gasteiger partial charge in [0, 0.05) is 32.4 Å². The lowest BCUT2D eigenvalue weighted by Gasteiger charge is -2.28. The van der Waals surface area contributed by atoms with E-state index in [9.17, 15) is 26.8 Å². The van der Waals surface area contributed by atoms with Gasteiger partial charge in [-0.1, -0.05) is 0 Å². The van der Waals surface area contributed by atoms with Crippen LogP contribution in [-0.2, 0) is 19.6 Å². The Morgan fingerprint density at radius 2 is 2.04 bits per heavy atom. The van der Waals surface area contributed by atoms with Gasteiger partial charge in [0.2, 0.25) is 15.9 Å². The number of carboxylic acid groups (broad SMARTS) is 1. The second-order valence-electron chi connectivity index (χ2n) is 5.74. The number of hydrogen-bond donors (Lipinski definition) is 2. The Morgan fingerprint density at radius 1 is 1.43 bits per heavy atom. The predicted molar refractivity (Wildman–Crippen MR) is 78.6 cm³/mol. The first-order chi connectivity index (χ1) is 10.5. The van der Waals surface area contributed by atoms with Gasteiger partial charge in [-0.15, -0.1) is 0 Å². The maximum Gasteiger partial charge on any atom is 0.321 e. The monoisotopic (exact) mass is 356 g/mol. The molecule has 1 aliphatic rings. The molecule has 1 aliphatic carbocycles. The van der Waals surface area contributed by atoms with Crippen molar-refractivity contribution in [3.05, 3.63) is 0 Å². The molecule has 1 fully saturated rings. The molecule has 23 heavy (non-hydrogen) atoms. The number of carbonyl (C=O) groups is 2. The Morgan fingerprint density at radius 3 is 2.48 bits per heavy atom. The first-order valence-corrected chi connectivity index (χ1v) is 8.93. The Labute approximate surface area is 134 Å². The highest BCUT2D eigenvalue weighted by Crippen LogP contribution is 2.41. The summed E-state index contributed by atoms with van der Waals surface area (Å²) in [6.45, 7) is 2.03. The molecule has 2 atom stereocenters. The third-order valence-electron chi connectivity index (χ3n) is 3.92. The number of carboxylic acids is 1. The van der Waals surface area contributed by atoms with E-state index in [1.165, 1.54) is 13.8 Å². The molecule has 0 spiro atoms. The Balaban J connectivity index is 2.89. The van der Waals surface area contributed by atoms with E-state index in [4.69, 9.17) is 5.11 Å². The van der Waals surface area contributed by atoms with Gasteiger partial charge in [-0.25, -0.2) is 17.2 Å². The van der Waals surface area contributed by atoms with Crippen LogP contribution in [0.1, 0.15) is 33.1 Å². The third kappa shape index (κ3) is 5.38. The fourth-order valence-corrected chi connectivity index (χ4v) is 4.65. The number of sulfonamides is 1. The minimum atomic E-state index is -4.20. The minimum Gasteiger partial charge on any atom is -0.480 e. The summed E-state index contributed by atoms with van der Waals surface area (Å²) in [6, 6.07) is -1.40. The summed E-state index contributed by atoms with van der Waals surface area (Å²) in [5, 5.41) is 11.4. The van der Waals surface area contributed by atoms with Gasteiger partial charge < -0.3 is 10.4 Å². The smallest absolute Gasteiger partial charge is 0.321 e. The van der Waals surface area contributed by atoms with Crippen LogP contribution in [-0.4, -0.2) is 60.5 Å². The van der Waals surface area contributed by atoms with E-state index in [0.29, 0.717) is 4.31 Å². The summed E-state index contributed by atoms with van der Waals surface area (Å²) >= 11 is 0. The van der Waals surface area contributed by atoms with Crippen molar-refractivity contribution in [1.82, 2.24) is 9.62 Å². The number of rotatable bonds is 8. The summed E-state index contributed by atoms with van der Waals surface area (Å²) in [5.41, 5.74) is 0. The number of nitrogens with zero attached hydrogens (tertiary/aromatic N) is 1. The molecule has 0 aromatic heterocycles. The zero-order chi connectivity index (χ0) is 17.8. The third-order valence-corrected chi connectivity index (χ3v) is 5.96. The first-order valence-electron chi connectivity index (χ1n) is 7.32. The summed E-state index contributed by atoms with van der Waals surface area (Å²) in [6.07, 6.45) is -0.0195. The molecule has 0 aliphatic heterocycles. The van der Waals surface area contributed by atoms with Crippen LogP contribution in [0.2, 0.25) is 0 Å². The molecule has 1 saturated carbocycles. The van der Waals surface area contributed by atoms with Crippen LogP contribution in [0.25, 0.3) is 0 Å². The highest BCUT2D eigenvalue weighted by Gasteiger charge is 2.47. The number of hydrogen-bond acceptors (Lipinski definition) is 4. The Bertz CT molecular complexity index is 553. The average Bonchev–Trinajstić information content (AvgIpc) is 2.72. The number of nitrogens with one attached hydrogen (secondary N) is 1. The molecular weight excluding hydrogens is 334 g/mol. The summed E-state index contributed by atoms with van der Waals surface area (Å²) in [4.78, 5) is 22.0. The quantitative estimate of drug-likeness (QED) is 0.665. The molecule has 1 amide bonds. The van der Waals surface area contributed by atoms with Gasteiger partial charge in [-0.2, -0.15) is 4.31 Å². The number of halogens is 2. The Hall–Kier alpha value is -1.29. The van der Waals surface area contributed by atoms with Crippen molar-refractivity contribution in [2.24, 2.45) is 5.92 Å². The van der Waals surface area contributed by atoms with Crippen molar-refractivity contribution in [1.29, 1.82) is 0 Å². The molecule has 2 N–H and O–H groups in total. The highest BCUT2D eigenvalue weighted by molar-refractivity contribution is 7.89. The van der Waals surface area contributed by atoms with Crippen molar-refractivity contribution in [2.75, 3.05) is 18.8 Å². The average molecular weight is 356 g/mol. The van der Waals surface area contributed by atoms with E-state index >= 15 is 0 Å². The van der Waals surface area contributed by atoms with Gasteiger partial charge in [-0.05, 0) is 19.8 Å². The summed E-state index contributed by atoms with van der Waals surface area (Å²) in [5.74, 6) is -6.93. The van der Waals surface area contributed by atoms with Crippen LogP contribution >= 0.6 is 0 Å². The fourth-order valence-electron chi connectivity index (χ4n) is 2.59. The molecule has 1 rings (SSSR count). The molecule has 0 saturated heterocycles. The van der Waals surface area contributed by atoms with Crippen molar-refractivity contribution in [3.8, 4) is 0 Å². The lowest BCUT2D eigenvalue weighted by Crippen LogP contribution is -2.49. The van der Waals surface area contributed by atoms with E-state index in [0.717, 1.165) is 0 Å². The van der Waals surface area contributed by atoms with Crippen LogP contribution < -0.4 is 5.32 Å². The number of alkyl halides is 2. The van der Waals surface area contributed by atoms with Gasteiger partial charge in [0.1, 0.15) is 6.04 Å². The lowest BCUT2D eigenvalue weighted by atomic mass is 10.1. The van der Waals surface area contributed by atoms with E-state index in [2.05, 4.69) is 5.32 Å². The molecule has 2 unspecified atom stereocenters. The fraction of sp³-hybridized carbons (Fsp3) is 0.846. The standard InChI is InChI=1S/C13H22F2N2O5S/c1-9(12(19)20)17(7-6-16-10(2)18)23(21,22)8-11-4-3-5-13(11,14)15/h9,11H,3-8H2,1-2H3,(H,16,18)(H,19,20). The number of amides is 1. The highest BCUT2D eigenvalue weighted by atomic mass is 32.2. The van der Waals surface area contributed by atoms with Gasteiger partial charge in [-0.3, -0.25) is 9.59 Å². The number of carbonyl (C=O) groups excluding carboxylic acids is 1. The molecule has 10 heteroatoms. The van der Waals surface area contributed by atoms with E-state index < -0.39 is 45.5 Å². The lowest BCUT2D eigenvalue weighted by molar-refractivity contribution is -0.140. The van der Waals surface area contributed by atoms with E-state index in [1.54, 1.807) is 0 Å². The molecular formula is C13H22F2N2O5S. The predicted octanol–water partition coefficient (Wildman–Crippen LogP) is 0.663. The SMILES string of the molecule is CC(=O)NCCN(C(C)C(=O)O)S(=O)(=O)CC1CCCC1(F)F. The van der Waals surface area contributed by atoms with Crippen molar-refractivity contribution in [3.63, 3.8) is 0 Å². The van der Waals surface area contributed by atoms with Crippen LogP contribution in [0.15, 0.2) is 0 Å². The van der Waals surface area contributed by atoms with Crippen molar-refractivity contribution < 1.29 is 31.9 Å². The molecule has 0 radical (unpaired) electrons. The normalized spacial score (nSPS) is 22.0. The topological polar surface area (TPSA) is 104 Å². The maximum absolute atomic E-state index is 13.7. The van der Waals surface area contributed by atoms with Crippen LogP contribution in [0.4, 0.5) is 8.78 Å². The number of aliphatic carboxylic acids is 1. The van der Waals surface area contributed by atoms with E-state index in [-0.39, 0.29) is 32.4 Å². The maximum atomic E-state index is 13.7. The molecule has 0 aromatic carbocycles. The Kier molecular flexibility index (Phi) is 6.46. The second-order valence-corrected chi connectivity index (χ2v) is 7.70. The van der Waals surface area contributed by atoms with Gasteiger partial charge in [0.15, 0.2) is 0 Å². The summed E-state index contributed by atoms with van der Waals surface area (Å²) in [7, 11) is -4.20. The van der Waals surface area contributed by atoms with Crippen molar-refractivity contribution >= 4 is 21.9 Å². The van der Waals surface area contributed by atoms with Gasteiger partial charge in [0.05, 0.1) is 5.75 Å². The van der Waals surface area contributed by atoms with Gasteiger partial charge in [0.25, 0.3) is 5.92 Å².